The summed E-state index contributed by atoms with van der Waals surface area (Å²) in [5.74, 6) is 1.26. The average molecular weight is 355 g/mol. The van der Waals surface area contributed by atoms with E-state index in [9.17, 15) is 9.90 Å². The molecule has 0 fully saturated rings. The smallest absolute Gasteiger partial charge is 0.232 e. The molecule has 1 aromatic carbocycles. The molecule has 0 bridgehead atoms. The third-order valence-electron chi connectivity index (χ3n) is 4.50. The number of allylic oxidation sites excluding steroid dienone is 1. The van der Waals surface area contributed by atoms with Gasteiger partial charge >= 0.3 is 0 Å². The second-order valence-corrected chi connectivity index (χ2v) is 6.63. The number of hydrogen-bond acceptors (Lipinski definition) is 5. The van der Waals surface area contributed by atoms with E-state index in [4.69, 9.17) is 9.15 Å². The molecular formula is C21H25NO4. The Morgan fingerprint density at radius 1 is 1.23 bits per heavy atom. The fourth-order valence-electron chi connectivity index (χ4n) is 3.36. The van der Waals surface area contributed by atoms with Crippen molar-refractivity contribution in [3.05, 3.63) is 52.7 Å². The molecule has 1 N–H and O–H groups in total. The van der Waals surface area contributed by atoms with E-state index in [-0.39, 0.29) is 17.3 Å². The maximum atomic E-state index is 12.8. The summed E-state index contributed by atoms with van der Waals surface area (Å²) in [7, 11) is 0. The highest BCUT2D eigenvalue weighted by molar-refractivity contribution is 6.15. The molecule has 3 rings (SSSR count). The summed E-state index contributed by atoms with van der Waals surface area (Å²) in [6.45, 7) is 8.49. The van der Waals surface area contributed by atoms with Gasteiger partial charge in [0.15, 0.2) is 5.76 Å². The van der Waals surface area contributed by atoms with Crippen LogP contribution in [0.25, 0.3) is 6.08 Å². The molecule has 0 saturated carbocycles. The molecule has 2 aromatic rings. The van der Waals surface area contributed by atoms with E-state index in [0.29, 0.717) is 34.7 Å². The van der Waals surface area contributed by atoms with Gasteiger partial charge in [-0.1, -0.05) is 13.8 Å². The Morgan fingerprint density at radius 3 is 2.58 bits per heavy atom. The van der Waals surface area contributed by atoms with Crippen molar-refractivity contribution in [2.75, 3.05) is 13.1 Å². The monoisotopic (exact) mass is 355 g/mol. The molecule has 0 unspecified atom stereocenters. The summed E-state index contributed by atoms with van der Waals surface area (Å²) in [6, 6.07) is 5.18. The van der Waals surface area contributed by atoms with Gasteiger partial charge in [0.25, 0.3) is 0 Å². The Labute approximate surface area is 153 Å². The lowest BCUT2D eigenvalue weighted by Crippen LogP contribution is -2.25. The fraction of sp³-hybridized carbons (Fsp3) is 0.381. The highest BCUT2D eigenvalue weighted by atomic mass is 16.5. The van der Waals surface area contributed by atoms with Crippen molar-refractivity contribution in [2.45, 2.75) is 40.2 Å². The Balaban J connectivity index is 1.99. The molecule has 1 aromatic heterocycles. The van der Waals surface area contributed by atoms with Crippen molar-refractivity contribution >= 4 is 11.9 Å². The third-order valence-corrected chi connectivity index (χ3v) is 4.50. The Hall–Kier alpha value is -2.53. The van der Waals surface area contributed by atoms with Crippen LogP contribution in [-0.2, 0) is 6.54 Å². The molecule has 2 heterocycles. The molecular weight excluding hydrogens is 330 g/mol. The number of nitrogens with zero attached hydrogens (tertiary/aromatic N) is 1. The van der Waals surface area contributed by atoms with E-state index in [2.05, 4.69) is 18.7 Å². The number of ketones is 1. The number of aromatic hydroxyl groups is 1. The first-order valence-electron chi connectivity index (χ1n) is 9.10. The van der Waals surface area contributed by atoms with Gasteiger partial charge < -0.3 is 14.3 Å². The van der Waals surface area contributed by atoms with Crippen LogP contribution >= 0.6 is 0 Å². The van der Waals surface area contributed by atoms with E-state index in [1.807, 2.05) is 6.92 Å². The number of rotatable bonds is 7. The van der Waals surface area contributed by atoms with E-state index in [1.165, 1.54) is 0 Å². The van der Waals surface area contributed by atoms with Crippen LogP contribution in [0.5, 0.6) is 11.5 Å². The third kappa shape index (κ3) is 3.53. The zero-order chi connectivity index (χ0) is 18.7. The largest absolute Gasteiger partial charge is 0.507 e. The molecule has 0 amide bonds. The van der Waals surface area contributed by atoms with Crippen molar-refractivity contribution in [1.82, 2.24) is 4.90 Å². The number of Topliss-reactive ketones (excluding diaryl/α,β-unsaturated/α-hetero) is 1. The molecule has 1 aliphatic heterocycles. The quantitative estimate of drug-likeness (QED) is 0.739. The Morgan fingerprint density at radius 2 is 1.96 bits per heavy atom. The highest BCUT2D eigenvalue weighted by Gasteiger charge is 2.33. The summed E-state index contributed by atoms with van der Waals surface area (Å²) in [5, 5.41) is 10.5. The molecule has 5 heteroatoms. The van der Waals surface area contributed by atoms with Crippen LogP contribution in [0.15, 0.2) is 34.6 Å². The van der Waals surface area contributed by atoms with Crippen molar-refractivity contribution in [3.63, 3.8) is 0 Å². The van der Waals surface area contributed by atoms with Gasteiger partial charge in [-0.25, -0.2) is 0 Å². The van der Waals surface area contributed by atoms with Crippen LogP contribution in [0.2, 0.25) is 0 Å². The van der Waals surface area contributed by atoms with Gasteiger partial charge in [-0.2, -0.15) is 0 Å². The summed E-state index contributed by atoms with van der Waals surface area (Å²) in [6.07, 6.45) is 5.20. The summed E-state index contributed by atoms with van der Waals surface area (Å²) >= 11 is 0. The topological polar surface area (TPSA) is 62.9 Å². The minimum absolute atomic E-state index is 0.172. The van der Waals surface area contributed by atoms with E-state index < -0.39 is 0 Å². The number of hydrogen-bond donors (Lipinski definition) is 1. The summed E-state index contributed by atoms with van der Waals surface area (Å²) < 4.78 is 11.2. The number of aryl methyl sites for hydroxylation is 1. The van der Waals surface area contributed by atoms with E-state index in [0.717, 1.165) is 25.9 Å². The van der Waals surface area contributed by atoms with Crippen LogP contribution in [0.3, 0.4) is 0 Å². The molecule has 0 spiro atoms. The van der Waals surface area contributed by atoms with Gasteiger partial charge in [-0.15, -0.1) is 0 Å². The number of fused-ring (bicyclic) bond motifs is 1. The van der Waals surface area contributed by atoms with Crippen molar-refractivity contribution < 1.29 is 19.1 Å². The zero-order valence-electron chi connectivity index (χ0n) is 15.5. The molecule has 5 nitrogen and oxygen atoms in total. The van der Waals surface area contributed by atoms with Crippen molar-refractivity contribution in [1.29, 1.82) is 0 Å². The van der Waals surface area contributed by atoms with Crippen LogP contribution in [-0.4, -0.2) is 28.9 Å². The van der Waals surface area contributed by atoms with Crippen LogP contribution in [0.4, 0.5) is 0 Å². The minimum atomic E-state index is -0.173. The molecule has 26 heavy (non-hydrogen) atoms. The Kier molecular flexibility index (Phi) is 5.47. The van der Waals surface area contributed by atoms with Crippen molar-refractivity contribution in [3.8, 4) is 11.5 Å². The van der Waals surface area contributed by atoms with Crippen LogP contribution in [0, 0.1) is 6.92 Å². The highest BCUT2D eigenvalue weighted by Crippen LogP contribution is 2.42. The van der Waals surface area contributed by atoms with E-state index >= 15 is 0 Å². The van der Waals surface area contributed by atoms with Gasteiger partial charge in [0.1, 0.15) is 17.3 Å². The van der Waals surface area contributed by atoms with Crippen LogP contribution in [0.1, 0.15) is 53.9 Å². The van der Waals surface area contributed by atoms with Gasteiger partial charge in [0.2, 0.25) is 5.78 Å². The standard InChI is InChI=1S/C21H25NO4/c1-4-8-22(9-5-2)13-16-17(23)11-14(3)19-20(24)18(26-21(16)19)12-15-7-6-10-25-15/h6-7,10-12,23H,4-5,8-9,13H2,1-3H3/b18-12-. The Bertz CT molecular complexity index is 815. The number of phenols is 1. The van der Waals surface area contributed by atoms with Gasteiger partial charge in [0.05, 0.1) is 17.4 Å². The lowest BCUT2D eigenvalue weighted by atomic mass is 9.99. The number of benzene rings is 1. The number of furan rings is 1. The number of ether oxygens (including phenoxy) is 1. The number of carbonyl (C=O) groups excluding carboxylic acids is 1. The first-order valence-corrected chi connectivity index (χ1v) is 9.10. The average Bonchev–Trinajstić information content (AvgIpc) is 3.21. The predicted octanol–water partition coefficient (Wildman–Crippen LogP) is 4.53. The zero-order valence-corrected chi connectivity index (χ0v) is 15.5. The van der Waals surface area contributed by atoms with Gasteiger partial charge in [-0.3, -0.25) is 9.69 Å². The lowest BCUT2D eigenvalue weighted by molar-refractivity contribution is 0.101. The van der Waals surface area contributed by atoms with Gasteiger partial charge in [0, 0.05) is 12.6 Å². The summed E-state index contributed by atoms with van der Waals surface area (Å²) in [5.41, 5.74) is 1.92. The molecule has 0 saturated heterocycles. The maximum Gasteiger partial charge on any atom is 0.232 e. The molecule has 0 radical (unpaired) electrons. The maximum absolute atomic E-state index is 12.8. The molecule has 0 aliphatic carbocycles. The molecule has 1 aliphatic rings. The summed E-state index contributed by atoms with van der Waals surface area (Å²) in [4.78, 5) is 15.1. The van der Waals surface area contributed by atoms with E-state index in [1.54, 1.807) is 30.5 Å². The predicted molar refractivity (Wildman–Crippen MR) is 100 cm³/mol. The SMILES string of the molecule is CCCN(CCC)Cc1c(O)cc(C)c2c1O/C(=C\c1ccco1)C2=O. The molecule has 138 valence electrons. The van der Waals surface area contributed by atoms with Crippen molar-refractivity contribution in [2.24, 2.45) is 0 Å². The fourth-order valence-corrected chi connectivity index (χ4v) is 3.36. The normalized spacial score (nSPS) is 14.9. The first-order chi connectivity index (χ1) is 12.5. The van der Waals surface area contributed by atoms with Crippen LogP contribution < -0.4 is 4.74 Å². The second kappa shape index (κ2) is 7.79. The number of phenolic OH excluding ortho intramolecular Hbond substituents is 1. The lowest BCUT2D eigenvalue weighted by Gasteiger charge is -2.22. The number of carbonyl (C=O) groups is 1. The first kappa shape index (κ1) is 18.3. The van der Waals surface area contributed by atoms with Gasteiger partial charge in [-0.05, 0) is 56.6 Å². The molecule has 0 atom stereocenters. The minimum Gasteiger partial charge on any atom is -0.507 e. The second-order valence-electron chi connectivity index (χ2n) is 6.63.